The highest BCUT2D eigenvalue weighted by Crippen LogP contribution is 2.39. The van der Waals surface area contributed by atoms with Gasteiger partial charge in [0.1, 0.15) is 18.1 Å². The molecule has 3 aromatic rings. The van der Waals surface area contributed by atoms with Crippen LogP contribution >= 0.6 is 0 Å². The number of fused-ring (bicyclic) bond motifs is 1. The van der Waals surface area contributed by atoms with Crippen molar-refractivity contribution in [2.45, 2.75) is 20.5 Å². The van der Waals surface area contributed by atoms with Crippen LogP contribution in [0, 0.1) is 13.8 Å². The summed E-state index contributed by atoms with van der Waals surface area (Å²) in [6.45, 7) is 4.47. The molecule has 30 heavy (non-hydrogen) atoms. The number of allylic oxidation sites excluding steroid dienone is 1. The van der Waals surface area contributed by atoms with Gasteiger partial charge in [-0.2, -0.15) is 0 Å². The van der Waals surface area contributed by atoms with Crippen LogP contribution in [0.1, 0.15) is 32.6 Å². The van der Waals surface area contributed by atoms with Gasteiger partial charge in [0.2, 0.25) is 5.78 Å². The molecule has 4 rings (SSSR count). The van der Waals surface area contributed by atoms with Gasteiger partial charge in [-0.25, -0.2) is 0 Å². The van der Waals surface area contributed by atoms with Crippen LogP contribution < -0.4 is 14.4 Å². The molecule has 3 aromatic carbocycles. The van der Waals surface area contributed by atoms with E-state index in [1.807, 2.05) is 68.4 Å². The van der Waals surface area contributed by atoms with Crippen molar-refractivity contribution in [1.82, 2.24) is 0 Å². The molecule has 0 amide bonds. The zero-order chi connectivity index (χ0) is 21.3. The standard InChI is InChI=1S/C26H25NO3/c1-17-7-5-6-8-20(17)16-29-23-14-13-22-25(28)24(30-26(22)18(23)2)15-19-9-11-21(12-10-19)27(3)4/h5-15H,16H2,1-4H3/b24-15-. The van der Waals surface area contributed by atoms with E-state index in [4.69, 9.17) is 9.47 Å². The molecule has 0 unspecified atom stereocenters. The first-order valence-electron chi connectivity index (χ1n) is 9.96. The number of hydrogen-bond donors (Lipinski definition) is 0. The average Bonchev–Trinajstić information content (AvgIpc) is 3.05. The summed E-state index contributed by atoms with van der Waals surface area (Å²) < 4.78 is 12.0. The lowest BCUT2D eigenvalue weighted by molar-refractivity contribution is 0.101. The maximum absolute atomic E-state index is 12.8. The number of anilines is 1. The van der Waals surface area contributed by atoms with Gasteiger partial charge in [0.05, 0.1) is 5.56 Å². The van der Waals surface area contributed by atoms with Crippen molar-refractivity contribution in [1.29, 1.82) is 0 Å². The first kappa shape index (κ1) is 19.8. The molecule has 152 valence electrons. The molecule has 0 spiro atoms. The topological polar surface area (TPSA) is 38.8 Å². The van der Waals surface area contributed by atoms with Crippen molar-refractivity contribution in [2.24, 2.45) is 0 Å². The number of hydrogen-bond acceptors (Lipinski definition) is 4. The molecule has 0 aromatic heterocycles. The van der Waals surface area contributed by atoms with E-state index in [0.29, 0.717) is 23.7 Å². The van der Waals surface area contributed by atoms with Crippen molar-refractivity contribution >= 4 is 17.5 Å². The molecule has 0 radical (unpaired) electrons. The van der Waals surface area contributed by atoms with Gasteiger partial charge in [-0.05, 0) is 60.9 Å². The van der Waals surface area contributed by atoms with Gasteiger partial charge in [0, 0.05) is 25.3 Å². The van der Waals surface area contributed by atoms with Gasteiger partial charge in [-0.3, -0.25) is 4.79 Å². The van der Waals surface area contributed by atoms with Crippen molar-refractivity contribution in [3.05, 3.63) is 94.2 Å². The first-order chi connectivity index (χ1) is 14.4. The van der Waals surface area contributed by atoms with Gasteiger partial charge in [0.25, 0.3) is 0 Å². The van der Waals surface area contributed by atoms with Crippen LogP contribution in [0.3, 0.4) is 0 Å². The number of aryl methyl sites for hydroxylation is 1. The van der Waals surface area contributed by atoms with Crippen LogP contribution in [0.15, 0.2) is 66.4 Å². The number of carbonyl (C=O) groups is 1. The highest BCUT2D eigenvalue weighted by molar-refractivity contribution is 6.15. The fourth-order valence-corrected chi connectivity index (χ4v) is 3.47. The molecule has 1 aliphatic rings. The summed E-state index contributed by atoms with van der Waals surface area (Å²) in [5.41, 5.74) is 5.76. The number of carbonyl (C=O) groups excluding carboxylic acids is 1. The number of Topliss-reactive ketones (excluding diaryl/α,β-unsaturated/α-hetero) is 1. The van der Waals surface area contributed by atoms with E-state index in [1.165, 1.54) is 5.56 Å². The minimum Gasteiger partial charge on any atom is -0.488 e. The molecule has 0 fully saturated rings. The smallest absolute Gasteiger partial charge is 0.231 e. The van der Waals surface area contributed by atoms with Crippen LogP contribution in [0.25, 0.3) is 6.08 Å². The minimum absolute atomic E-state index is 0.102. The van der Waals surface area contributed by atoms with Crippen LogP contribution in [0.4, 0.5) is 5.69 Å². The van der Waals surface area contributed by atoms with E-state index >= 15 is 0 Å². The normalized spacial score (nSPS) is 13.9. The molecular weight excluding hydrogens is 374 g/mol. The number of ketones is 1. The zero-order valence-corrected chi connectivity index (χ0v) is 17.7. The second-order valence-corrected chi connectivity index (χ2v) is 7.71. The lowest BCUT2D eigenvalue weighted by Gasteiger charge is -2.13. The largest absolute Gasteiger partial charge is 0.488 e. The van der Waals surface area contributed by atoms with Crippen molar-refractivity contribution in [3.63, 3.8) is 0 Å². The van der Waals surface area contributed by atoms with E-state index in [1.54, 1.807) is 12.1 Å². The van der Waals surface area contributed by atoms with Gasteiger partial charge in [-0.1, -0.05) is 36.4 Å². The van der Waals surface area contributed by atoms with Gasteiger partial charge in [-0.15, -0.1) is 0 Å². The Morgan fingerprint density at radius 2 is 1.70 bits per heavy atom. The Labute approximate surface area is 177 Å². The predicted molar refractivity (Wildman–Crippen MR) is 120 cm³/mol. The third-order valence-corrected chi connectivity index (χ3v) is 5.39. The summed E-state index contributed by atoms with van der Waals surface area (Å²) in [6.07, 6.45) is 1.79. The van der Waals surface area contributed by atoms with Crippen molar-refractivity contribution in [2.75, 3.05) is 19.0 Å². The number of rotatable bonds is 5. The summed E-state index contributed by atoms with van der Waals surface area (Å²) in [6, 6.07) is 19.8. The number of nitrogens with zero attached hydrogens (tertiary/aromatic N) is 1. The zero-order valence-electron chi connectivity index (χ0n) is 17.7. The van der Waals surface area contributed by atoms with Crippen LogP contribution in [-0.2, 0) is 6.61 Å². The molecule has 0 saturated heterocycles. The Morgan fingerprint density at radius 3 is 2.40 bits per heavy atom. The van der Waals surface area contributed by atoms with Gasteiger partial charge in [0.15, 0.2) is 5.76 Å². The fraction of sp³-hybridized carbons (Fsp3) is 0.192. The SMILES string of the molecule is Cc1ccccc1COc1ccc2c(c1C)O/C(=C\c1ccc(N(C)C)cc1)C2=O. The van der Waals surface area contributed by atoms with Crippen LogP contribution in [0.2, 0.25) is 0 Å². The summed E-state index contributed by atoms with van der Waals surface area (Å²) in [5.74, 6) is 1.54. The maximum atomic E-state index is 12.8. The lowest BCUT2D eigenvalue weighted by atomic mass is 10.1. The Morgan fingerprint density at radius 1 is 0.967 bits per heavy atom. The van der Waals surface area contributed by atoms with E-state index < -0.39 is 0 Å². The molecule has 4 heteroatoms. The van der Waals surface area contributed by atoms with Crippen LogP contribution in [0.5, 0.6) is 11.5 Å². The van der Waals surface area contributed by atoms with E-state index in [-0.39, 0.29) is 5.78 Å². The highest BCUT2D eigenvalue weighted by atomic mass is 16.5. The highest BCUT2D eigenvalue weighted by Gasteiger charge is 2.30. The van der Waals surface area contributed by atoms with Crippen molar-refractivity contribution in [3.8, 4) is 11.5 Å². The quantitative estimate of drug-likeness (QED) is 0.526. The first-order valence-corrected chi connectivity index (χ1v) is 9.96. The van der Waals surface area contributed by atoms with E-state index in [0.717, 1.165) is 28.1 Å². The molecule has 0 N–H and O–H groups in total. The lowest BCUT2D eigenvalue weighted by Crippen LogP contribution is -2.08. The summed E-state index contributed by atoms with van der Waals surface area (Å²) >= 11 is 0. The second kappa shape index (κ2) is 8.07. The molecule has 0 aliphatic carbocycles. The summed E-state index contributed by atoms with van der Waals surface area (Å²) in [7, 11) is 3.99. The van der Waals surface area contributed by atoms with E-state index in [9.17, 15) is 4.79 Å². The average molecular weight is 399 g/mol. The summed E-state index contributed by atoms with van der Waals surface area (Å²) in [4.78, 5) is 14.9. The molecule has 1 heterocycles. The third-order valence-electron chi connectivity index (χ3n) is 5.39. The molecular formula is C26H25NO3. The van der Waals surface area contributed by atoms with Gasteiger partial charge >= 0.3 is 0 Å². The number of ether oxygens (including phenoxy) is 2. The Balaban J connectivity index is 1.55. The van der Waals surface area contributed by atoms with E-state index in [2.05, 4.69) is 19.1 Å². The van der Waals surface area contributed by atoms with Crippen LogP contribution in [-0.4, -0.2) is 19.9 Å². The molecule has 0 bridgehead atoms. The monoisotopic (exact) mass is 399 g/mol. The Bertz CT molecular complexity index is 1130. The number of benzene rings is 3. The Hall–Kier alpha value is -3.53. The fourth-order valence-electron chi connectivity index (χ4n) is 3.47. The predicted octanol–water partition coefficient (Wildman–Crippen LogP) is 5.56. The molecule has 0 atom stereocenters. The maximum Gasteiger partial charge on any atom is 0.231 e. The van der Waals surface area contributed by atoms with Gasteiger partial charge < -0.3 is 14.4 Å². The minimum atomic E-state index is -0.102. The van der Waals surface area contributed by atoms with Crippen molar-refractivity contribution < 1.29 is 14.3 Å². The second-order valence-electron chi connectivity index (χ2n) is 7.71. The molecule has 0 saturated carbocycles. The summed E-state index contributed by atoms with van der Waals surface area (Å²) in [5, 5.41) is 0. The third kappa shape index (κ3) is 3.81. The molecule has 1 aliphatic heterocycles. The molecule has 4 nitrogen and oxygen atoms in total. The Kier molecular flexibility index (Phi) is 5.32.